The molecule has 0 saturated carbocycles. The average molecular weight is 265 g/mol. The summed E-state index contributed by atoms with van der Waals surface area (Å²) >= 11 is 0. The van der Waals surface area contributed by atoms with Crippen molar-refractivity contribution in [3.8, 4) is 0 Å². The Balaban J connectivity index is 2.21. The smallest absolute Gasteiger partial charge is 0.0513 e. The number of hydrogen-bond donors (Lipinski definition) is 1. The van der Waals surface area contributed by atoms with E-state index in [1.165, 1.54) is 11.1 Å². The zero-order valence-corrected chi connectivity index (χ0v) is 12.5. The van der Waals surface area contributed by atoms with Gasteiger partial charge in [0.25, 0.3) is 0 Å². The van der Waals surface area contributed by atoms with Crippen LogP contribution < -0.4 is 5.32 Å². The summed E-state index contributed by atoms with van der Waals surface area (Å²) in [5, 5.41) is 3.66. The van der Waals surface area contributed by atoms with Gasteiger partial charge in [-0.05, 0) is 31.9 Å². The lowest BCUT2D eigenvalue weighted by atomic mass is 10.0. The Kier molecular flexibility index (Phi) is 4.75. The number of benzene rings is 2. The molecule has 0 bridgehead atoms. The van der Waals surface area contributed by atoms with E-state index in [9.17, 15) is 0 Å². The lowest BCUT2D eigenvalue weighted by Crippen LogP contribution is -2.38. The fourth-order valence-corrected chi connectivity index (χ4v) is 2.14. The lowest BCUT2D eigenvalue weighted by molar-refractivity contribution is 0.397. The van der Waals surface area contributed by atoms with Gasteiger partial charge in [0.2, 0.25) is 0 Å². The standard InChI is InChI=1S/C19H23N/c1-19(2,3)20-18(17-12-8-5-9-13-17)15-14-16-10-6-4-7-11-16/h4-15,18,20H,1-3H3/b15-14+/t18-/m0/s1. The molecule has 1 atom stereocenters. The molecule has 0 amide bonds. The molecule has 1 N–H and O–H groups in total. The van der Waals surface area contributed by atoms with Crippen molar-refractivity contribution in [2.75, 3.05) is 0 Å². The monoisotopic (exact) mass is 265 g/mol. The molecule has 2 rings (SSSR count). The Bertz CT molecular complexity index is 535. The van der Waals surface area contributed by atoms with Crippen LogP contribution in [-0.2, 0) is 0 Å². The summed E-state index contributed by atoms with van der Waals surface area (Å²) in [5.41, 5.74) is 2.58. The summed E-state index contributed by atoms with van der Waals surface area (Å²) in [7, 11) is 0. The zero-order chi connectivity index (χ0) is 14.4. The van der Waals surface area contributed by atoms with Crippen molar-refractivity contribution >= 4 is 6.08 Å². The van der Waals surface area contributed by atoms with Crippen molar-refractivity contribution in [1.29, 1.82) is 0 Å². The van der Waals surface area contributed by atoms with Crippen molar-refractivity contribution < 1.29 is 0 Å². The second-order valence-electron chi connectivity index (χ2n) is 6.05. The van der Waals surface area contributed by atoms with Gasteiger partial charge in [0, 0.05) is 5.54 Å². The van der Waals surface area contributed by atoms with E-state index >= 15 is 0 Å². The maximum Gasteiger partial charge on any atom is 0.0513 e. The molecule has 0 heterocycles. The van der Waals surface area contributed by atoms with Gasteiger partial charge in [0.05, 0.1) is 6.04 Å². The molecule has 0 spiro atoms. The molecule has 0 aliphatic heterocycles. The van der Waals surface area contributed by atoms with Crippen molar-refractivity contribution in [2.45, 2.75) is 32.4 Å². The van der Waals surface area contributed by atoms with Crippen LogP contribution >= 0.6 is 0 Å². The Hall–Kier alpha value is -1.86. The minimum absolute atomic E-state index is 0.0710. The van der Waals surface area contributed by atoms with E-state index in [-0.39, 0.29) is 11.6 Å². The van der Waals surface area contributed by atoms with Crippen LogP contribution in [0.3, 0.4) is 0 Å². The molecule has 0 unspecified atom stereocenters. The summed E-state index contributed by atoms with van der Waals surface area (Å²) < 4.78 is 0. The third kappa shape index (κ3) is 4.67. The molecule has 0 aliphatic rings. The highest BCUT2D eigenvalue weighted by atomic mass is 15.0. The molecule has 0 saturated heterocycles. The second kappa shape index (κ2) is 6.53. The zero-order valence-electron chi connectivity index (χ0n) is 12.5. The summed E-state index contributed by atoms with van der Waals surface area (Å²) in [6.45, 7) is 6.58. The van der Waals surface area contributed by atoms with Gasteiger partial charge in [-0.2, -0.15) is 0 Å². The summed E-state index contributed by atoms with van der Waals surface area (Å²) in [5.74, 6) is 0. The first-order valence-electron chi connectivity index (χ1n) is 7.10. The van der Waals surface area contributed by atoms with Gasteiger partial charge < -0.3 is 5.32 Å². The Morgan fingerprint density at radius 1 is 0.850 bits per heavy atom. The largest absolute Gasteiger partial charge is 0.302 e. The number of hydrogen-bond acceptors (Lipinski definition) is 1. The van der Waals surface area contributed by atoms with E-state index in [1.807, 2.05) is 6.07 Å². The third-order valence-electron chi connectivity index (χ3n) is 3.03. The highest BCUT2D eigenvalue weighted by Crippen LogP contribution is 2.19. The van der Waals surface area contributed by atoms with Crippen LogP contribution in [0.2, 0.25) is 0 Å². The quantitative estimate of drug-likeness (QED) is 0.835. The van der Waals surface area contributed by atoms with Crippen molar-refractivity contribution in [3.63, 3.8) is 0 Å². The van der Waals surface area contributed by atoms with Crippen molar-refractivity contribution in [1.82, 2.24) is 5.32 Å². The van der Waals surface area contributed by atoms with E-state index < -0.39 is 0 Å². The van der Waals surface area contributed by atoms with E-state index in [1.54, 1.807) is 0 Å². The van der Waals surface area contributed by atoms with Crippen LogP contribution in [0.25, 0.3) is 6.08 Å². The topological polar surface area (TPSA) is 12.0 Å². The Morgan fingerprint density at radius 2 is 1.40 bits per heavy atom. The van der Waals surface area contributed by atoms with Gasteiger partial charge >= 0.3 is 0 Å². The predicted octanol–water partition coefficient (Wildman–Crippen LogP) is 4.83. The maximum atomic E-state index is 3.66. The molecule has 104 valence electrons. The van der Waals surface area contributed by atoms with Crippen LogP contribution in [0.1, 0.15) is 37.9 Å². The van der Waals surface area contributed by atoms with Gasteiger partial charge in [-0.1, -0.05) is 72.8 Å². The van der Waals surface area contributed by atoms with Crippen LogP contribution in [0.15, 0.2) is 66.7 Å². The van der Waals surface area contributed by atoms with E-state index in [2.05, 4.69) is 92.8 Å². The van der Waals surface area contributed by atoms with Crippen LogP contribution in [0.4, 0.5) is 0 Å². The van der Waals surface area contributed by atoms with Crippen LogP contribution in [-0.4, -0.2) is 5.54 Å². The summed E-state index contributed by atoms with van der Waals surface area (Å²) in [6.07, 6.45) is 4.41. The normalized spacial score (nSPS) is 13.6. The minimum Gasteiger partial charge on any atom is -0.302 e. The molecule has 20 heavy (non-hydrogen) atoms. The molecule has 0 aromatic heterocycles. The molecular formula is C19H23N. The Labute approximate surface area is 122 Å². The van der Waals surface area contributed by atoms with Gasteiger partial charge in [0.15, 0.2) is 0 Å². The Morgan fingerprint density at radius 3 is 1.95 bits per heavy atom. The maximum absolute atomic E-state index is 3.66. The van der Waals surface area contributed by atoms with E-state index in [0.29, 0.717) is 0 Å². The fourth-order valence-electron chi connectivity index (χ4n) is 2.14. The first-order chi connectivity index (χ1) is 9.54. The molecule has 2 aromatic carbocycles. The number of nitrogens with one attached hydrogen (secondary N) is 1. The van der Waals surface area contributed by atoms with Gasteiger partial charge in [-0.25, -0.2) is 0 Å². The second-order valence-corrected chi connectivity index (χ2v) is 6.05. The SMILES string of the molecule is CC(C)(C)N[C@@H](/C=C/c1ccccc1)c1ccccc1. The lowest BCUT2D eigenvalue weighted by Gasteiger charge is -2.27. The molecular weight excluding hydrogens is 242 g/mol. The first kappa shape index (κ1) is 14.5. The van der Waals surface area contributed by atoms with Gasteiger partial charge in [-0.3, -0.25) is 0 Å². The summed E-state index contributed by atoms with van der Waals surface area (Å²) in [4.78, 5) is 0. The fraction of sp³-hybridized carbons (Fsp3) is 0.263. The third-order valence-corrected chi connectivity index (χ3v) is 3.03. The highest BCUT2D eigenvalue weighted by Gasteiger charge is 2.16. The molecule has 0 aliphatic carbocycles. The predicted molar refractivity (Wildman–Crippen MR) is 87.5 cm³/mol. The van der Waals surface area contributed by atoms with Gasteiger partial charge in [0.1, 0.15) is 0 Å². The molecule has 1 heteroatoms. The first-order valence-corrected chi connectivity index (χ1v) is 7.10. The van der Waals surface area contributed by atoms with Crippen LogP contribution in [0, 0.1) is 0 Å². The van der Waals surface area contributed by atoms with Crippen molar-refractivity contribution in [3.05, 3.63) is 77.9 Å². The van der Waals surface area contributed by atoms with Crippen LogP contribution in [0.5, 0.6) is 0 Å². The average Bonchev–Trinajstić information content (AvgIpc) is 2.44. The molecule has 2 aromatic rings. The molecule has 0 fully saturated rings. The van der Waals surface area contributed by atoms with E-state index in [4.69, 9.17) is 0 Å². The highest BCUT2D eigenvalue weighted by molar-refractivity contribution is 5.50. The van der Waals surface area contributed by atoms with Gasteiger partial charge in [-0.15, -0.1) is 0 Å². The molecule has 0 radical (unpaired) electrons. The minimum atomic E-state index is 0.0710. The number of rotatable bonds is 4. The van der Waals surface area contributed by atoms with E-state index in [0.717, 1.165) is 0 Å². The van der Waals surface area contributed by atoms with Crippen molar-refractivity contribution in [2.24, 2.45) is 0 Å². The summed E-state index contributed by atoms with van der Waals surface area (Å²) in [6, 6.07) is 21.2. The molecule has 1 nitrogen and oxygen atoms in total.